The second-order valence-corrected chi connectivity index (χ2v) is 38.5. The van der Waals surface area contributed by atoms with E-state index in [1.54, 1.807) is 48.6 Å². The number of aryl methyl sites for hydroxylation is 2. The average Bonchev–Trinajstić information content (AvgIpc) is 1.57. The molecule has 9 aliphatic rings. The molecule has 5 heteroatoms. The lowest BCUT2D eigenvalue weighted by atomic mass is 9.56. The zero-order valence-corrected chi connectivity index (χ0v) is 78.2. The normalized spacial score (nSPS) is 17.1. The molecule has 5 aromatic carbocycles. The van der Waals surface area contributed by atoms with Crippen LogP contribution in [0.1, 0.15) is 378 Å². The Hall–Kier alpha value is -5.00. The van der Waals surface area contributed by atoms with Crippen molar-refractivity contribution in [2.24, 2.45) is 88.8 Å². The number of hydrogen-bond acceptors (Lipinski definition) is 4. The monoisotopic (exact) mass is 1530 g/mol. The number of nitrogens with zero attached hydrogens (tertiary/aromatic N) is 1. The van der Waals surface area contributed by atoms with E-state index in [1.165, 1.54) is 201 Å². The van der Waals surface area contributed by atoms with E-state index >= 15 is 0 Å². The molecule has 0 radical (unpaired) electrons. The molecule has 16 rings (SSSR count). The molecule has 2 aromatic heterocycles. The summed E-state index contributed by atoms with van der Waals surface area (Å²) in [6.07, 6.45) is 45.8. The van der Waals surface area contributed by atoms with E-state index < -0.39 is 0 Å². The molecule has 0 amide bonds. The van der Waals surface area contributed by atoms with Gasteiger partial charge in [0, 0.05) is 24.8 Å². The van der Waals surface area contributed by atoms with Gasteiger partial charge in [0.25, 0.3) is 5.56 Å². The third-order valence-electron chi connectivity index (χ3n) is 18.9. The maximum absolute atomic E-state index is 10.8. The smallest absolute Gasteiger partial charge is 0.287 e. The largest absolute Gasteiger partial charge is 0.381 e. The van der Waals surface area contributed by atoms with Crippen molar-refractivity contribution in [3.63, 3.8) is 0 Å². The minimum absolute atomic E-state index is 0.171. The van der Waals surface area contributed by atoms with Gasteiger partial charge < -0.3 is 9.26 Å². The first kappa shape index (κ1) is 108. The highest BCUT2D eigenvalue weighted by Crippen LogP contribution is 2.53. The SMILES string of the molecule is C1C2CC1C2.C1CCCCC1.C1CCOCC1.CC(C)C.CC(C)C.CC(C)C.CC(C)C.CC(C)C.CC(C)C.CC(C)C.CC(C)C1CCCC1.CC(C)C1CCCCC1.CC(C)C1CCCCCC1.O=c1[nH]oc2ccccc12.c1ccc2c(c1)CCC2.c1ccc2ccccc2c1.c1ccc2ncccc2c1. The molecular weight excluding hydrogens is 1350 g/mol. The predicted molar refractivity (Wildman–Crippen MR) is 502 cm³/mol. The Morgan fingerprint density at radius 3 is 0.856 bits per heavy atom. The minimum Gasteiger partial charge on any atom is -0.381 e. The Kier molecular flexibility index (Phi) is 69.6. The van der Waals surface area contributed by atoms with Crippen molar-refractivity contribution in [2.75, 3.05) is 13.2 Å². The number of aromatic amines is 1. The first-order valence-corrected chi connectivity index (χ1v) is 46.2. The number of benzene rings is 5. The van der Waals surface area contributed by atoms with E-state index in [2.05, 4.69) is 282 Å². The second kappa shape index (κ2) is 71.5. The van der Waals surface area contributed by atoms with Crippen LogP contribution in [-0.2, 0) is 17.6 Å². The van der Waals surface area contributed by atoms with Gasteiger partial charge in [-0.3, -0.25) is 9.78 Å². The molecule has 3 heterocycles. The molecule has 8 fully saturated rings. The van der Waals surface area contributed by atoms with Crippen LogP contribution in [0.15, 0.2) is 149 Å². The van der Waals surface area contributed by atoms with Crippen molar-refractivity contribution in [1.29, 1.82) is 0 Å². The number of pyridine rings is 1. The number of aromatic nitrogens is 2. The molecular formula is C106H184N2O3. The number of ether oxygens (including phenoxy) is 1. The molecule has 0 atom stereocenters. The molecule has 1 N–H and O–H groups in total. The Labute approximate surface area is 690 Å². The van der Waals surface area contributed by atoms with Crippen LogP contribution < -0.4 is 5.56 Å². The summed E-state index contributed by atoms with van der Waals surface area (Å²) in [5, 5.41) is 6.66. The number of hydrogen-bond donors (Lipinski definition) is 1. The lowest BCUT2D eigenvalue weighted by Crippen LogP contribution is -2.38. The maximum Gasteiger partial charge on any atom is 0.287 e. The van der Waals surface area contributed by atoms with Crippen LogP contribution in [0.5, 0.6) is 0 Å². The molecule has 7 aromatic rings. The first-order chi connectivity index (χ1) is 52.8. The summed E-state index contributed by atoms with van der Waals surface area (Å²) in [6.45, 7) is 61.6. The van der Waals surface area contributed by atoms with E-state index in [1.807, 2.05) is 36.5 Å². The summed E-state index contributed by atoms with van der Waals surface area (Å²) in [6, 6.07) is 44.6. The molecule has 7 saturated carbocycles. The van der Waals surface area contributed by atoms with Crippen molar-refractivity contribution >= 4 is 32.6 Å². The summed E-state index contributed by atoms with van der Waals surface area (Å²) in [5.41, 5.74) is 4.63. The summed E-state index contributed by atoms with van der Waals surface area (Å²) in [4.78, 5) is 15.0. The zero-order valence-electron chi connectivity index (χ0n) is 78.2. The Balaban J connectivity index is 0. The van der Waals surface area contributed by atoms with Crippen LogP contribution in [0.3, 0.4) is 0 Å². The van der Waals surface area contributed by atoms with Crippen molar-refractivity contribution in [1.82, 2.24) is 10.1 Å². The van der Waals surface area contributed by atoms with Gasteiger partial charge in [-0.1, -0.05) is 431 Å². The highest BCUT2D eigenvalue weighted by atomic mass is 16.5. The maximum atomic E-state index is 10.8. The third kappa shape index (κ3) is 68.0. The van der Waals surface area contributed by atoms with E-state index in [0.717, 1.165) is 95.7 Å². The minimum atomic E-state index is -0.171. The molecule has 1 saturated heterocycles. The highest BCUT2D eigenvalue weighted by molar-refractivity contribution is 5.82. The van der Waals surface area contributed by atoms with Crippen molar-refractivity contribution in [3.8, 4) is 0 Å². The Morgan fingerprint density at radius 1 is 0.306 bits per heavy atom. The number of para-hydroxylation sites is 2. The van der Waals surface area contributed by atoms with Gasteiger partial charge in [-0.2, -0.15) is 5.16 Å². The highest BCUT2D eigenvalue weighted by Gasteiger charge is 2.41. The average molecular weight is 1530 g/mol. The van der Waals surface area contributed by atoms with E-state index in [4.69, 9.17) is 9.26 Å². The molecule has 636 valence electrons. The van der Waals surface area contributed by atoms with Gasteiger partial charge >= 0.3 is 0 Å². The number of H-pyrrole nitrogens is 1. The van der Waals surface area contributed by atoms with Gasteiger partial charge in [0.05, 0.1) is 10.9 Å². The second-order valence-electron chi connectivity index (χ2n) is 38.5. The molecule has 8 aliphatic carbocycles. The number of fused-ring (bicyclic) bond motifs is 4. The molecule has 2 bridgehead atoms. The van der Waals surface area contributed by atoms with Crippen LogP contribution in [0, 0.1) is 88.8 Å². The lowest BCUT2D eigenvalue weighted by molar-refractivity contribution is 0.0198. The quantitative estimate of drug-likeness (QED) is 0.179. The van der Waals surface area contributed by atoms with Crippen molar-refractivity contribution in [2.45, 2.75) is 380 Å². The fourth-order valence-corrected chi connectivity index (χ4v) is 12.9. The van der Waals surface area contributed by atoms with E-state index in [0.29, 0.717) is 11.0 Å². The van der Waals surface area contributed by atoms with E-state index in [-0.39, 0.29) is 5.56 Å². The molecule has 1 aliphatic heterocycles. The van der Waals surface area contributed by atoms with Crippen LogP contribution >= 0.6 is 0 Å². The third-order valence-corrected chi connectivity index (χ3v) is 18.9. The molecule has 111 heavy (non-hydrogen) atoms. The van der Waals surface area contributed by atoms with Crippen LogP contribution in [0.25, 0.3) is 32.6 Å². The van der Waals surface area contributed by atoms with E-state index in [9.17, 15) is 4.79 Å². The van der Waals surface area contributed by atoms with Crippen LogP contribution in [0.2, 0.25) is 0 Å². The fourth-order valence-electron chi connectivity index (χ4n) is 12.9. The van der Waals surface area contributed by atoms with Gasteiger partial charge in [0.2, 0.25) is 0 Å². The lowest BCUT2D eigenvalue weighted by Gasteiger charge is -2.49. The molecule has 0 spiro atoms. The van der Waals surface area contributed by atoms with Crippen molar-refractivity contribution < 1.29 is 9.26 Å². The number of rotatable bonds is 3. The van der Waals surface area contributed by atoms with Crippen LogP contribution in [0.4, 0.5) is 0 Å². The van der Waals surface area contributed by atoms with Gasteiger partial charge in [-0.15, -0.1) is 0 Å². The Morgan fingerprint density at radius 2 is 0.568 bits per heavy atom. The zero-order chi connectivity index (χ0) is 83.6. The summed E-state index contributed by atoms with van der Waals surface area (Å²) < 4.78 is 9.88. The Bertz CT molecular complexity index is 2770. The van der Waals surface area contributed by atoms with Gasteiger partial charge in [0.15, 0.2) is 5.58 Å². The van der Waals surface area contributed by atoms with Crippen molar-refractivity contribution in [3.05, 3.63) is 161 Å². The topological polar surface area (TPSA) is 68.1 Å². The molecule has 0 unspecified atom stereocenters. The van der Waals surface area contributed by atoms with Crippen LogP contribution in [-0.4, -0.2) is 23.4 Å². The van der Waals surface area contributed by atoms with Gasteiger partial charge in [0.1, 0.15) is 0 Å². The standard InChI is InChI=1S/C10H8.C10H20.C9H7N.C9H10.C9H18.C8H16.C7H5NO2.C6H12.C5H10O.C5H8.7C4H10/c1-2-6-10-8-4-3-7-9(10)5-1;1-9(2)10-7-5-3-4-6-8-10;1-2-6-9-8(4-1)5-3-7-10-9;1-2-5-9-7-3-6-8(9)4-1;1-8(2)9-6-4-3-5-7-9;1-7(2)8-5-3-4-6-8;9-7-5-3-1-2-4-6(5)10-8-7;2*1-2-4-6-5-3-1;1-4-2-5(1)3-4;7*1-4(2)3/h1-8H;9-10H,3-8H2,1-2H3;1-7H;1-2,4-5H,3,6-7H2;8-9H,3-7H2,1-2H3;7-8H,3-6H2,1-2H3;1-4H,(H,8,9);1-6H2;1-5H2;4-5H,1-3H2;7*4H,1-3H3. The van der Waals surface area contributed by atoms with Gasteiger partial charge in [-0.25, -0.2) is 0 Å². The number of nitrogens with one attached hydrogen (secondary N) is 1. The predicted octanol–water partition coefficient (Wildman–Crippen LogP) is 34.6. The first-order valence-electron chi connectivity index (χ1n) is 46.2. The fraction of sp³-hybridized carbons (Fsp3) is 0.698. The van der Waals surface area contributed by atoms with Gasteiger partial charge in [-0.05, 0) is 193 Å². The molecule has 5 nitrogen and oxygen atoms in total. The summed E-state index contributed by atoms with van der Waals surface area (Å²) in [7, 11) is 0. The summed E-state index contributed by atoms with van der Waals surface area (Å²) in [5.74, 6) is 14.2. The summed E-state index contributed by atoms with van der Waals surface area (Å²) >= 11 is 0.